The van der Waals surface area contributed by atoms with E-state index in [-0.39, 0.29) is 39.1 Å². The molecule has 0 fully saturated rings. The van der Waals surface area contributed by atoms with Crippen LogP contribution >= 0.6 is 34.5 Å². The zero-order chi connectivity index (χ0) is 22.0. The third kappa shape index (κ3) is 5.19. The Kier molecular flexibility index (Phi) is 6.80. The first-order valence-electron chi connectivity index (χ1n) is 8.96. The second-order valence-corrected chi connectivity index (χ2v) is 8.96. The molecular formula is C20H18Cl2FN3O3S. The topological polar surface area (TPSA) is 84.2 Å². The number of anilines is 1. The van der Waals surface area contributed by atoms with Crippen LogP contribution in [0.1, 0.15) is 47.1 Å². The van der Waals surface area contributed by atoms with Crippen molar-refractivity contribution in [2.45, 2.75) is 32.7 Å². The number of aliphatic carboxylic acids is 1. The van der Waals surface area contributed by atoms with Gasteiger partial charge in [0.2, 0.25) is 0 Å². The molecule has 1 amide bonds. The van der Waals surface area contributed by atoms with E-state index in [0.29, 0.717) is 11.3 Å². The lowest BCUT2D eigenvalue weighted by atomic mass is 10.1. The van der Waals surface area contributed by atoms with Crippen LogP contribution in [0.25, 0.3) is 0 Å². The number of amides is 1. The van der Waals surface area contributed by atoms with Gasteiger partial charge in [0.15, 0.2) is 5.13 Å². The van der Waals surface area contributed by atoms with Crippen LogP contribution in [0, 0.1) is 5.82 Å². The molecule has 2 heterocycles. The number of carbonyl (C=O) groups excluding carboxylic acids is 1. The summed E-state index contributed by atoms with van der Waals surface area (Å²) in [7, 11) is 0. The molecule has 0 aliphatic rings. The third-order valence-electron chi connectivity index (χ3n) is 4.34. The molecule has 0 saturated carbocycles. The number of hydrogen-bond donors (Lipinski definition) is 2. The van der Waals surface area contributed by atoms with Crippen molar-refractivity contribution in [2.75, 3.05) is 5.32 Å². The number of benzene rings is 1. The first-order valence-corrected chi connectivity index (χ1v) is 10.5. The SMILES string of the molecule is CC(C)c1cc(C(=O)Nc2nc(CC(=O)O)c(Cl)s2)n(Cc2ccc(Cl)c(F)c2)c1. The summed E-state index contributed by atoms with van der Waals surface area (Å²) in [6.45, 7) is 4.27. The van der Waals surface area contributed by atoms with Gasteiger partial charge in [0.1, 0.15) is 15.8 Å². The lowest BCUT2D eigenvalue weighted by Crippen LogP contribution is -2.17. The number of carboxylic acid groups (broad SMARTS) is 1. The van der Waals surface area contributed by atoms with Crippen LogP contribution in [0.5, 0.6) is 0 Å². The van der Waals surface area contributed by atoms with Crippen LogP contribution in [-0.4, -0.2) is 26.5 Å². The average molecular weight is 470 g/mol. The molecule has 3 aromatic rings. The molecule has 0 radical (unpaired) electrons. The minimum Gasteiger partial charge on any atom is -0.481 e. The third-order valence-corrected chi connectivity index (χ3v) is 5.90. The predicted molar refractivity (Wildman–Crippen MR) is 115 cm³/mol. The Balaban J connectivity index is 1.87. The van der Waals surface area contributed by atoms with Crippen LogP contribution < -0.4 is 5.32 Å². The molecule has 0 bridgehead atoms. The van der Waals surface area contributed by atoms with Gasteiger partial charge in [0, 0.05) is 12.7 Å². The first-order chi connectivity index (χ1) is 14.1. The number of nitrogens with one attached hydrogen (secondary N) is 1. The molecule has 0 spiro atoms. The molecule has 0 saturated heterocycles. The van der Waals surface area contributed by atoms with Crippen molar-refractivity contribution in [3.8, 4) is 0 Å². The van der Waals surface area contributed by atoms with E-state index < -0.39 is 17.7 Å². The molecular weight excluding hydrogens is 452 g/mol. The molecule has 0 aliphatic carbocycles. The van der Waals surface area contributed by atoms with E-state index in [2.05, 4.69) is 10.3 Å². The lowest BCUT2D eigenvalue weighted by Gasteiger charge is -2.09. The number of carboxylic acids is 1. The predicted octanol–water partition coefficient (Wildman–Crippen LogP) is 5.44. The van der Waals surface area contributed by atoms with Gasteiger partial charge in [-0.25, -0.2) is 9.37 Å². The van der Waals surface area contributed by atoms with Gasteiger partial charge >= 0.3 is 5.97 Å². The molecule has 0 unspecified atom stereocenters. The summed E-state index contributed by atoms with van der Waals surface area (Å²) in [5, 5.41) is 11.8. The van der Waals surface area contributed by atoms with Crippen molar-refractivity contribution in [2.24, 2.45) is 0 Å². The Hall–Kier alpha value is -2.42. The molecule has 30 heavy (non-hydrogen) atoms. The summed E-state index contributed by atoms with van der Waals surface area (Å²) >= 11 is 12.8. The zero-order valence-electron chi connectivity index (χ0n) is 16.1. The Morgan fingerprint density at radius 3 is 2.67 bits per heavy atom. The number of carbonyl (C=O) groups is 2. The molecule has 6 nitrogen and oxygen atoms in total. The number of nitrogens with zero attached hydrogens (tertiary/aromatic N) is 2. The molecule has 2 N–H and O–H groups in total. The van der Waals surface area contributed by atoms with E-state index >= 15 is 0 Å². The molecule has 0 aliphatic heterocycles. The highest BCUT2D eigenvalue weighted by molar-refractivity contribution is 7.19. The molecule has 1 aromatic carbocycles. The monoisotopic (exact) mass is 469 g/mol. The Bertz CT molecular complexity index is 1110. The maximum atomic E-state index is 13.8. The highest BCUT2D eigenvalue weighted by Crippen LogP contribution is 2.29. The van der Waals surface area contributed by atoms with Crippen molar-refractivity contribution in [3.63, 3.8) is 0 Å². The van der Waals surface area contributed by atoms with Crippen molar-refractivity contribution in [1.82, 2.24) is 9.55 Å². The minimum absolute atomic E-state index is 0.0323. The van der Waals surface area contributed by atoms with Gasteiger partial charge in [0.05, 0.1) is 17.1 Å². The summed E-state index contributed by atoms with van der Waals surface area (Å²) in [5.74, 6) is -1.84. The Morgan fingerprint density at radius 2 is 2.03 bits per heavy atom. The number of thiazole rings is 1. The van der Waals surface area contributed by atoms with Crippen molar-refractivity contribution >= 4 is 51.5 Å². The van der Waals surface area contributed by atoms with Crippen LogP contribution in [0.15, 0.2) is 30.5 Å². The maximum absolute atomic E-state index is 13.8. The molecule has 2 aromatic heterocycles. The smallest absolute Gasteiger partial charge is 0.309 e. The second-order valence-electron chi connectivity index (χ2n) is 6.95. The largest absolute Gasteiger partial charge is 0.481 e. The fourth-order valence-corrected chi connectivity index (χ4v) is 3.96. The highest BCUT2D eigenvalue weighted by Gasteiger charge is 2.19. The normalized spacial score (nSPS) is 11.1. The summed E-state index contributed by atoms with van der Waals surface area (Å²) in [6, 6.07) is 6.26. The van der Waals surface area contributed by atoms with Crippen molar-refractivity contribution in [1.29, 1.82) is 0 Å². The molecule has 3 rings (SSSR count). The summed E-state index contributed by atoms with van der Waals surface area (Å²) in [4.78, 5) is 27.9. The van der Waals surface area contributed by atoms with Crippen LogP contribution in [-0.2, 0) is 17.8 Å². The number of hydrogen-bond acceptors (Lipinski definition) is 4. The van der Waals surface area contributed by atoms with Gasteiger partial charge in [-0.3, -0.25) is 14.9 Å². The first kappa shape index (κ1) is 22.3. The fraction of sp³-hybridized carbons (Fsp3) is 0.250. The van der Waals surface area contributed by atoms with E-state index in [1.165, 1.54) is 12.1 Å². The zero-order valence-corrected chi connectivity index (χ0v) is 18.4. The van der Waals surface area contributed by atoms with E-state index in [1.807, 2.05) is 20.0 Å². The number of rotatable bonds is 7. The van der Waals surface area contributed by atoms with E-state index in [1.54, 1.807) is 16.7 Å². The van der Waals surface area contributed by atoms with E-state index in [0.717, 1.165) is 16.9 Å². The van der Waals surface area contributed by atoms with Crippen LogP contribution in [0.2, 0.25) is 9.36 Å². The maximum Gasteiger partial charge on any atom is 0.309 e. The van der Waals surface area contributed by atoms with Crippen molar-refractivity contribution < 1.29 is 19.1 Å². The lowest BCUT2D eigenvalue weighted by molar-refractivity contribution is -0.136. The highest BCUT2D eigenvalue weighted by atomic mass is 35.5. The summed E-state index contributed by atoms with van der Waals surface area (Å²) in [5.41, 5.74) is 2.15. The van der Waals surface area contributed by atoms with Gasteiger partial charge in [-0.05, 0) is 35.2 Å². The summed E-state index contributed by atoms with van der Waals surface area (Å²) < 4.78 is 15.7. The fourth-order valence-electron chi connectivity index (χ4n) is 2.80. The Labute approximate surface area is 186 Å². The minimum atomic E-state index is -1.06. The van der Waals surface area contributed by atoms with E-state index in [4.69, 9.17) is 28.3 Å². The molecule has 10 heteroatoms. The summed E-state index contributed by atoms with van der Waals surface area (Å²) in [6.07, 6.45) is 1.51. The van der Waals surface area contributed by atoms with Gasteiger partial charge in [-0.1, -0.05) is 54.5 Å². The quantitative estimate of drug-likeness (QED) is 0.482. The number of halogens is 3. The van der Waals surface area contributed by atoms with Gasteiger partial charge in [0.25, 0.3) is 5.91 Å². The van der Waals surface area contributed by atoms with Gasteiger partial charge in [-0.15, -0.1) is 0 Å². The van der Waals surface area contributed by atoms with Crippen molar-refractivity contribution in [3.05, 3.63) is 68.2 Å². The van der Waals surface area contributed by atoms with Crippen LogP contribution in [0.4, 0.5) is 9.52 Å². The van der Waals surface area contributed by atoms with Crippen LogP contribution in [0.3, 0.4) is 0 Å². The van der Waals surface area contributed by atoms with E-state index in [9.17, 15) is 14.0 Å². The number of aromatic nitrogens is 2. The molecule has 0 atom stereocenters. The molecule has 158 valence electrons. The second kappa shape index (κ2) is 9.16. The Morgan fingerprint density at radius 1 is 1.30 bits per heavy atom. The standard InChI is InChI=1S/C20H18Cl2FN3O3S/c1-10(2)12-6-16(26(9-12)8-11-3-4-13(21)14(23)5-11)19(29)25-20-24-15(7-17(27)28)18(22)30-20/h3-6,9-10H,7-8H2,1-2H3,(H,27,28)(H,24,25,29). The van der Waals surface area contributed by atoms with Gasteiger partial charge in [-0.2, -0.15) is 0 Å². The average Bonchev–Trinajstić information content (AvgIpc) is 3.21. The van der Waals surface area contributed by atoms with Gasteiger partial charge < -0.3 is 9.67 Å².